The Bertz CT molecular complexity index is 451. The summed E-state index contributed by atoms with van der Waals surface area (Å²) in [5.74, 6) is -0.952. The molecule has 2 rings (SSSR count). The van der Waals surface area contributed by atoms with Crippen LogP contribution < -0.4 is 0 Å². The number of carbonyl (C=O) groups excluding carboxylic acids is 1. The highest BCUT2D eigenvalue weighted by molar-refractivity contribution is 5.97. The Balaban J connectivity index is 2.32. The van der Waals surface area contributed by atoms with Crippen LogP contribution in [0.1, 0.15) is 43.5 Å². The average Bonchev–Trinajstić information content (AvgIpc) is 2.32. The minimum absolute atomic E-state index is 0.0515. The second-order valence-electron chi connectivity index (χ2n) is 5.00. The van der Waals surface area contributed by atoms with Crippen LogP contribution in [-0.2, 0) is 0 Å². The Hall–Kier alpha value is -1.58. The molecule has 2 unspecified atom stereocenters. The second-order valence-corrected chi connectivity index (χ2v) is 5.00. The van der Waals surface area contributed by atoms with Gasteiger partial charge in [0.2, 0.25) is 0 Å². The molecule has 4 heteroatoms. The number of benzene rings is 1. The normalized spacial score (nSPS) is 24.1. The number of phenols is 1. The molecule has 18 heavy (non-hydrogen) atoms. The van der Waals surface area contributed by atoms with E-state index >= 15 is 0 Å². The zero-order valence-corrected chi connectivity index (χ0v) is 10.7. The fraction of sp³-hybridized carbons (Fsp3) is 0.500. The summed E-state index contributed by atoms with van der Waals surface area (Å²) in [6.07, 6.45) is 3.00. The molecule has 0 bridgehead atoms. The highest BCUT2D eigenvalue weighted by Gasteiger charge is 2.30. The van der Waals surface area contributed by atoms with Gasteiger partial charge in [0.05, 0.1) is 5.56 Å². The molecule has 1 fully saturated rings. The van der Waals surface area contributed by atoms with Gasteiger partial charge in [-0.1, -0.05) is 0 Å². The first-order chi connectivity index (χ1) is 8.50. The summed E-state index contributed by atoms with van der Waals surface area (Å²) in [6, 6.07) is 3.73. The third-order valence-electron chi connectivity index (χ3n) is 3.62. The van der Waals surface area contributed by atoms with Crippen molar-refractivity contribution in [2.45, 2.75) is 45.2 Å². The number of amides is 1. The van der Waals surface area contributed by atoms with E-state index in [0.29, 0.717) is 0 Å². The van der Waals surface area contributed by atoms with Crippen molar-refractivity contribution in [2.24, 2.45) is 0 Å². The summed E-state index contributed by atoms with van der Waals surface area (Å²) in [4.78, 5) is 14.1. The van der Waals surface area contributed by atoms with Crippen LogP contribution in [0.2, 0.25) is 0 Å². The fourth-order valence-corrected chi connectivity index (χ4v) is 2.64. The molecular formula is C14H18FNO2. The minimum Gasteiger partial charge on any atom is -0.507 e. The van der Waals surface area contributed by atoms with Gasteiger partial charge in [-0.3, -0.25) is 4.79 Å². The van der Waals surface area contributed by atoms with E-state index in [1.165, 1.54) is 6.07 Å². The molecule has 1 N–H and O–H groups in total. The summed E-state index contributed by atoms with van der Waals surface area (Å²) in [5.41, 5.74) is 0.0515. The molecule has 1 heterocycles. The van der Waals surface area contributed by atoms with Crippen molar-refractivity contribution in [3.05, 3.63) is 29.6 Å². The lowest BCUT2D eigenvalue weighted by Gasteiger charge is -2.39. The summed E-state index contributed by atoms with van der Waals surface area (Å²) >= 11 is 0. The van der Waals surface area contributed by atoms with Gasteiger partial charge in [0.15, 0.2) is 0 Å². The first kappa shape index (κ1) is 12.9. The number of carbonyl (C=O) groups is 1. The third kappa shape index (κ3) is 2.33. The lowest BCUT2D eigenvalue weighted by Crippen LogP contribution is -2.47. The van der Waals surface area contributed by atoms with Gasteiger partial charge in [-0.2, -0.15) is 0 Å². The van der Waals surface area contributed by atoms with E-state index in [1.807, 2.05) is 13.8 Å². The van der Waals surface area contributed by atoms with E-state index in [-0.39, 0.29) is 29.3 Å². The maximum absolute atomic E-state index is 13.2. The number of nitrogens with zero attached hydrogens (tertiary/aromatic N) is 1. The van der Waals surface area contributed by atoms with Gasteiger partial charge in [0.1, 0.15) is 11.6 Å². The van der Waals surface area contributed by atoms with E-state index in [2.05, 4.69) is 0 Å². The van der Waals surface area contributed by atoms with Gasteiger partial charge in [-0.25, -0.2) is 4.39 Å². The Morgan fingerprint density at radius 3 is 2.56 bits per heavy atom. The molecular weight excluding hydrogens is 233 g/mol. The van der Waals surface area contributed by atoms with Crippen molar-refractivity contribution in [3.63, 3.8) is 0 Å². The highest BCUT2D eigenvalue weighted by Crippen LogP contribution is 2.27. The maximum Gasteiger partial charge on any atom is 0.258 e. The molecule has 2 atom stereocenters. The number of halogens is 1. The molecule has 1 aliphatic rings. The molecule has 1 aliphatic heterocycles. The number of aromatic hydroxyl groups is 1. The highest BCUT2D eigenvalue weighted by atomic mass is 19.1. The largest absolute Gasteiger partial charge is 0.507 e. The Morgan fingerprint density at radius 2 is 1.94 bits per heavy atom. The van der Waals surface area contributed by atoms with Crippen LogP contribution in [0.5, 0.6) is 5.75 Å². The van der Waals surface area contributed by atoms with Crippen LogP contribution in [0, 0.1) is 5.82 Å². The Labute approximate surface area is 106 Å². The summed E-state index contributed by atoms with van der Waals surface area (Å²) in [6.45, 7) is 3.98. The second kappa shape index (κ2) is 4.96. The minimum atomic E-state index is -0.506. The fourth-order valence-electron chi connectivity index (χ4n) is 2.64. The topological polar surface area (TPSA) is 40.5 Å². The quantitative estimate of drug-likeness (QED) is 0.833. The van der Waals surface area contributed by atoms with Gasteiger partial charge >= 0.3 is 0 Å². The summed E-state index contributed by atoms with van der Waals surface area (Å²) in [5, 5.41) is 9.69. The summed E-state index contributed by atoms with van der Waals surface area (Å²) in [7, 11) is 0. The van der Waals surface area contributed by atoms with Crippen LogP contribution in [0.15, 0.2) is 18.2 Å². The smallest absolute Gasteiger partial charge is 0.258 e. The van der Waals surface area contributed by atoms with E-state index in [0.717, 1.165) is 31.4 Å². The zero-order valence-electron chi connectivity index (χ0n) is 10.7. The van der Waals surface area contributed by atoms with E-state index in [4.69, 9.17) is 0 Å². The van der Waals surface area contributed by atoms with Crippen molar-refractivity contribution in [3.8, 4) is 5.75 Å². The lowest BCUT2D eigenvalue weighted by atomic mass is 9.96. The molecule has 0 saturated carbocycles. The van der Waals surface area contributed by atoms with Crippen LogP contribution in [0.4, 0.5) is 4.39 Å². The molecule has 98 valence electrons. The average molecular weight is 251 g/mol. The third-order valence-corrected chi connectivity index (χ3v) is 3.62. The Morgan fingerprint density at radius 1 is 1.33 bits per heavy atom. The van der Waals surface area contributed by atoms with Gasteiger partial charge in [-0.05, 0) is 51.3 Å². The molecule has 0 radical (unpaired) electrons. The molecule has 0 aliphatic carbocycles. The first-order valence-electron chi connectivity index (χ1n) is 6.32. The van der Waals surface area contributed by atoms with Crippen molar-refractivity contribution in [1.82, 2.24) is 4.90 Å². The van der Waals surface area contributed by atoms with Crippen molar-refractivity contribution < 1.29 is 14.3 Å². The van der Waals surface area contributed by atoms with Gasteiger partial charge in [0.25, 0.3) is 5.91 Å². The van der Waals surface area contributed by atoms with Crippen LogP contribution in [0.3, 0.4) is 0 Å². The van der Waals surface area contributed by atoms with Crippen LogP contribution in [0.25, 0.3) is 0 Å². The van der Waals surface area contributed by atoms with Crippen molar-refractivity contribution in [1.29, 1.82) is 0 Å². The van der Waals surface area contributed by atoms with Crippen molar-refractivity contribution in [2.75, 3.05) is 0 Å². The summed E-state index contributed by atoms with van der Waals surface area (Å²) < 4.78 is 13.2. The number of phenolic OH excluding ortho intramolecular Hbond substituents is 1. The van der Waals surface area contributed by atoms with Crippen molar-refractivity contribution >= 4 is 5.91 Å². The monoisotopic (exact) mass is 251 g/mol. The number of hydrogen-bond acceptors (Lipinski definition) is 2. The SMILES string of the molecule is CC1CCCC(C)N1C(=O)c1cc(F)ccc1O. The Kier molecular flexibility index (Phi) is 3.55. The lowest BCUT2D eigenvalue weighted by molar-refractivity contribution is 0.0507. The van der Waals surface area contributed by atoms with E-state index in [9.17, 15) is 14.3 Å². The molecule has 3 nitrogen and oxygen atoms in total. The molecule has 1 amide bonds. The number of rotatable bonds is 1. The molecule has 1 aromatic rings. The molecule has 0 spiro atoms. The number of likely N-dealkylation sites (tertiary alicyclic amines) is 1. The molecule has 0 aromatic heterocycles. The van der Waals surface area contributed by atoms with Gasteiger partial charge in [0, 0.05) is 12.1 Å². The first-order valence-corrected chi connectivity index (χ1v) is 6.32. The predicted molar refractivity (Wildman–Crippen MR) is 67.0 cm³/mol. The van der Waals surface area contributed by atoms with Crippen LogP contribution >= 0.6 is 0 Å². The molecule has 1 saturated heterocycles. The maximum atomic E-state index is 13.2. The van der Waals surface area contributed by atoms with E-state index in [1.54, 1.807) is 4.90 Å². The van der Waals surface area contributed by atoms with Crippen LogP contribution in [-0.4, -0.2) is 28.0 Å². The molecule has 1 aromatic carbocycles. The number of hydrogen-bond donors (Lipinski definition) is 1. The zero-order chi connectivity index (χ0) is 13.3. The van der Waals surface area contributed by atoms with Gasteiger partial charge < -0.3 is 10.0 Å². The van der Waals surface area contributed by atoms with E-state index < -0.39 is 5.82 Å². The van der Waals surface area contributed by atoms with Gasteiger partial charge in [-0.15, -0.1) is 0 Å². The number of piperidine rings is 1. The standard InChI is InChI=1S/C14H18FNO2/c1-9-4-3-5-10(2)16(9)14(18)12-8-11(15)6-7-13(12)17/h6-10,17H,3-5H2,1-2H3. The predicted octanol–water partition coefficient (Wildman–Crippen LogP) is 2.93.